The average Bonchev–Trinajstić information content (AvgIpc) is 2.65. The van der Waals surface area contributed by atoms with E-state index in [0.29, 0.717) is 16.7 Å². The molecule has 2 aromatic carbocycles. The van der Waals surface area contributed by atoms with Crippen molar-refractivity contribution in [3.05, 3.63) is 65.0 Å². The Labute approximate surface area is 146 Å². The Morgan fingerprint density at radius 2 is 1.96 bits per heavy atom. The molecule has 0 amide bonds. The Morgan fingerprint density at radius 1 is 1.20 bits per heavy atom. The molecule has 0 aliphatic heterocycles. The van der Waals surface area contributed by atoms with E-state index in [-0.39, 0.29) is 11.8 Å². The number of esters is 1. The predicted octanol–water partition coefficient (Wildman–Crippen LogP) is 3.27. The standard InChI is InChI=1S/C19H19FN2O3/c1-12(14-7-8-17(24-2)16(20)10-14)22-18(19(23)25-3)15-6-4-5-13(9-15)11-21/h4-10,12,18,22H,1-3H3/t12-,18-/m0/s1. The molecule has 5 nitrogen and oxygen atoms in total. The van der Waals surface area contributed by atoms with Crippen molar-refractivity contribution in [1.29, 1.82) is 5.26 Å². The van der Waals surface area contributed by atoms with Crippen LogP contribution in [0.2, 0.25) is 0 Å². The van der Waals surface area contributed by atoms with Gasteiger partial charge in [-0.15, -0.1) is 0 Å². The maximum absolute atomic E-state index is 13.9. The predicted molar refractivity (Wildman–Crippen MR) is 90.4 cm³/mol. The van der Waals surface area contributed by atoms with Crippen molar-refractivity contribution in [3.63, 3.8) is 0 Å². The van der Waals surface area contributed by atoms with Gasteiger partial charge in [0.05, 0.1) is 25.9 Å². The Bertz CT molecular complexity index is 801. The zero-order valence-electron chi connectivity index (χ0n) is 14.2. The largest absolute Gasteiger partial charge is 0.494 e. The summed E-state index contributed by atoms with van der Waals surface area (Å²) in [6.45, 7) is 1.81. The summed E-state index contributed by atoms with van der Waals surface area (Å²) in [6, 6.07) is 12.2. The molecule has 0 aliphatic carbocycles. The minimum atomic E-state index is -0.779. The minimum absolute atomic E-state index is 0.155. The molecule has 2 rings (SSSR count). The molecule has 0 aromatic heterocycles. The molecule has 2 aromatic rings. The maximum Gasteiger partial charge on any atom is 0.327 e. The summed E-state index contributed by atoms with van der Waals surface area (Å²) >= 11 is 0. The first-order valence-electron chi connectivity index (χ1n) is 7.67. The molecule has 0 bridgehead atoms. The number of carbonyl (C=O) groups is 1. The molecular formula is C19H19FN2O3. The minimum Gasteiger partial charge on any atom is -0.494 e. The molecule has 1 N–H and O–H groups in total. The normalized spacial score (nSPS) is 12.8. The number of nitrogens with zero attached hydrogens (tertiary/aromatic N) is 1. The molecule has 6 heteroatoms. The first-order valence-corrected chi connectivity index (χ1v) is 7.67. The highest BCUT2D eigenvalue weighted by molar-refractivity contribution is 5.77. The van der Waals surface area contributed by atoms with E-state index in [1.807, 2.05) is 13.0 Å². The van der Waals surface area contributed by atoms with Crippen LogP contribution in [0.4, 0.5) is 4.39 Å². The van der Waals surface area contributed by atoms with Gasteiger partial charge in [-0.1, -0.05) is 18.2 Å². The van der Waals surface area contributed by atoms with Crippen LogP contribution in [0.1, 0.15) is 35.7 Å². The lowest BCUT2D eigenvalue weighted by molar-refractivity contribution is -0.143. The number of carbonyl (C=O) groups excluding carboxylic acids is 1. The monoisotopic (exact) mass is 342 g/mol. The van der Waals surface area contributed by atoms with Gasteiger partial charge in [-0.2, -0.15) is 5.26 Å². The van der Waals surface area contributed by atoms with E-state index in [0.717, 1.165) is 0 Å². The van der Waals surface area contributed by atoms with Crippen molar-refractivity contribution >= 4 is 5.97 Å². The molecule has 130 valence electrons. The molecular weight excluding hydrogens is 323 g/mol. The molecule has 0 spiro atoms. The van der Waals surface area contributed by atoms with Gasteiger partial charge in [-0.25, -0.2) is 9.18 Å². The number of benzene rings is 2. The summed E-state index contributed by atoms with van der Waals surface area (Å²) in [6.07, 6.45) is 0. The number of hydrogen-bond acceptors (Lipinski definition) is 5. The van der Waals surface area contributed by atoms with Crippen LogP contribution < -0.4 is 10.1 Å². The third kappa shape index (κ3) is 4.34. The van der Waals surface area contributed by atoms with E-state index in [4.69, 9.17) is 14.7 Å². The van der Waals surface area contributed by atoms with Crippen LogP contribution in [-0.4, -0.2) is 20.2 Å². The SMILES string of the molecule is COC(=O)[C@@H](N[C@@H](C)c1ccc(OC)c(F)c1)c1cccc(C#N)c1. The number of rotatable bonds is 6. The number of nitrogens with one attached hydrogen (secondary N) is 1. The number of halogens is 1. The molecule has 0 radical (unpaired) electrons. The lowest BCUT2D eigenvalue weighted by atomic mass is 10.0. The first kappa shape index (κ1) is 18.4. The van der Waals surface area contributed by atoms with E-state index in [1.54, 1.807) is 30.3 Å². The van der Waals surface area contributed by atoms with Crippen molar-refractivity contribution in [2.45, 2.75) is 19.0 Å². The van der Waals surface area contributed by atoms with Gasteiger partial charge in [0.25, 0.3) is 0 Å². The molecule has 0 heterocycles. The highest BCUT2D eigenvalue weighted by atomic mass is 19.1. The Balaban J connectivity index is 2.29. The maximum atomic E-state index is 13.9. The average molecular weight is 342 g/mol. The van der Waals surface area contributed by atoms with Gasteiger partial charge < -0.3 is 9.47 Å². The third-order valence-electron chi connectivity index (χ3n) is 3.88. The van der Waals surface area contributed by atoms with Crippen LogP contribution in [0.5, 0.6) is 5.75 Å². The van der Waals surface area contributed by atoms with E-state index in [2.05, 4.69) is 5.32 Å². The molecule has 0 aliphatic rings. The fourth-order valence-corrected chi connectivity index (χ4v) is 2.50. The molecule has 2 atom stereocenters. The molecule has 0 saturated heterocycles. The van der Waals surface area contributed by atoms with E-state index >= 15 is 0 Å². The van der Waals surface area contributed by atoms with Gasteiger partial charge in [-0.3, -0.25) is 5.32 Å². The summed E-state index contributed by atoms with van der Waals surface area (Å²) < 4.78 is 23.7. The van der Waals surface area contributed by atoms with E-state index < -0.39 is 17.8 Å². The van der Waals surface area contributed by atoms with Crippen LogP contribution in [0, 0.1) is 17.1 Å². The van der Waals surface area contributed by atoms with Gasteiger partial charge in [0.1, 0.15) is 6.04 Å². The fourth-order valence-electron chi connectivity index (χ4n) is 2.50. The van der Waals surface area contributed by atoms with Gasteiger partial charge >= 0.3 is 5.97 Å². The molecule has 0 fully saturated rings. The van der Waals surface area contributed by atoms with Crippen molar-refractivity contribution < 1.29 is 18.7 Å². The van der Waals surface area contributed by atoms with Crippen molar-refractivity contribution in [2.24, 2.45) is 0 Å². The lowest BCUT2D eigenvalue weighted by Crippen LogP contribution is -2.31. The third-order valence-corrected chi connectivity index (χ3v) is 3.88. The van der Waals surface area contributed by atoms with E-state index in [1.165, 1.54) is 26.4 Å². The number of hydrogen-bond donors (Lipinski definition) is 1. The zero-order valence-corrected chi connectivity index (χ0v) is 14.2. The highest BCUT2D eigenvalue weighted by Crippen LogP contribution is 2.25. The van der Waals surface area contributed by atoms with Crippen LogP contribution >= 0.6 is 0 Å². The molecule has 0 saturated carbocycles. The van der Waals surface area contributed by atoms with Crippen LogP contribution in [0.25, 0.3) is 0 Å². The molecule has 25 heavy (non-hydrogen) atoms. The number of ether oxygens (including phenoxy) is 2. The Kier molecular flexibility index (Phi) is 6.09. The van der Waals surface area contributed by atoms with Crippen LogP contribution in [-0.2, 0) is 9.53 Å². The molecule has 0 unspecified atom stereocenters. The zero-order chi connectivity index (χ0) is 18.4. The lowest BCUT2D eigenvalue weighted by Gasteiger charge is -2.22. The van der Waals surface area contributed by atoms with Crippen molar-refractivity contribution in [1.82, 2.24) is 5.32 Å². The summed E-state index contributed by atoms with van der Waals surface area (Å²) in [5.74, 6) is -0.812. The van der Waals surface area contributed by atoms with Gasteiger partial charge in [0, 0.05) is 6.04 Å². The summed E-state index contributed by atoms with van der Waals surface area (Å²) in [7, 11) is 2.69. The summed E-state index contributed by atoms with van der Waals surface area (Å²) in [5.41, 5.74) is 1.70. The second kappa shape index (κ2) is 8.27. The van der Waals surface area contributed by atoms with Crippen molar-refractivity contribution in [3.8, 4) is 11.8 Å². The second-order valence-electron chi connectivity index (χ2n) is 5.48. The summed E-state index contributed by atoms with van der Waals surface area (Å²) in [5, 5.41) is 12.2. The summed E-state index contributed by atoms with van der Waals surface area (Å²) in [4.78, 5) is 12.2. The highest BCUT2D eigenvalue weighted by Gasteiger charge is 2.24. The quantitative estimate of drug-likeness (QED) is 0.816. The van der Waals surface area contributed by atoms with Gasteiger partial charge in [0.2, 0.25) is 0 Å². The fraction of sp³-hybridized carbons (Fsp3) is 0.263. The number of nitriles is 1. The Hall–Kier alpha value is -2.91. The van der Waals surface area contributed by atoms with Crippen LogP contribution in [0.15, 0.2) is 42.5 Å². The van der Waals surface area contributed by atoms with Crippen molar-refractivity contribution in [2.75, 3.05) is 14.2 Å². The van der Waals surface area contributed by atoms with Crippen LogP contribution in [0.3, 0.4) is 0 Å². The van der Waals surface area contributed by atoms with Gasteiger partial charge in [0.15, 0.2) is 11.6 Å². The van der Waals surface area contributed by atoms with E-state index in [9.17, 15) is 9.18 Å². The first-order chi connectivity index (χ1) is 12.0. The second-order valence-corrected chi connectivity index (χ2v) is 5.48. The number of methoxy groups -OCH3 is 2. The topological polar surface area (TPSA) is 71.3 Å². The smallest absolute Gasteiger partial charge is 0.327 e. The van der Waals surface area contributed by atoms with Gasteiger partial charge in [-0.05, 0) is 42.3 Å². The Morgan fingerprint density at radius 3 is 2.56 bits per heavy atom.